The van der Waals surface area contributed by atoms with Crippen LogP contribution in [0.15, 0.2) is 24.3 Å². The summed E-state index contributed by atoms with van der Waals surface area (Å²) in [6.45, 7) is 2.84. The lowest BCUT2D eigenvalue weighted by atomic mass is 10.1. The molecule has 0 aliphatic heterocycles. The molecule has 1 rings (SSSR count). The molecular weight excluding hydrogens is 304 g/mol. The molecule has 1 aromatic rings. The minimum Gasteiger partial charge on any atom is -0.484 e. The maximum absolute atomic E-state index is 11.6. The van der Waals surface area contributed by atoms with Crippen molar-refractivity contribution in [1.82, 2.24) is 10.6 Å². The van der Waals surface area contributed by atoms with Crippen LogP contribution in [-0.4, -0.2) is 37.4 Å². The predicted molar refractivity (Wildman–Crippen MR) is 87.3 cm³/mol. The molecule has 0 unspecified atom stereocenters. The van der Waals surface area contributed by atoms with Gasteiger partial charge in [-0.15, -0.1) is 11.6 Å². The molecule has 0 radical (unpaired) electrons. The Morgan fingerprint density at radius 1 is 1.09 bits per heavy atom. The van der Waals surface area contributed by atoms with Crippen molar-refractivity contribution in [2.75, 3.05) is 25.6 Å². The Hall–Kier alpha value is -1.75. The van der Waals surface area contributed by atoms with Gasteiger partial charge in [0.2, 0.25) is 5.91 Å². The van der Waals surface area contributed by atoms with Crippen molar-refractivity contribution in [3.8, 4) is 5.75 Å². The van der Waals surface area contributed by atoms with Gasteiger partial charge in [0.1, 0.15) is 5.75 Å². The minimum atomic E-state index is -0.218. The van der Waals surface area contributed by atoms with Crippen LogP contribution in [-0.2, 0) is 16.0 Å². The van der Waals surface area contributed by atoms with Crippen molar-refractivity contribution < 1.29 is 14.3 Å². The highest BCUT2D eigenvalue weighted by atomic mass is 35.5. The monoisotopic (exact) mass is 326 g/mol. The highest BCUT2D eigenvalue weighted by Gasteiger charge is 2.03. The summed E-state index contributed by atoms with van der Waals surface area (Å²) in [4.78, 5) is 22.7. The van der Waals surface area contributed by atoms with E-state index in [4.69, 9.17) is 16.3 Å². The van der Waals surface area contributed by atoms with Crippen LogP contribution in [0.3, 0.4) is 0 Å². The summed E-state index contributed by atoms with van der Waals surface area (Å²) in [6, 6.07) is 7.74. The number of carbonyl (C=O) groups is 2. The lowest BCUT2D eigenvalue weighted by Gasteiger charge is -2.08. The van der Waals surface area contributed by atoms with E-state index in [2.05, 4.69) is 17.6 Å². The predicted octanol–water partition coefficient (Wildman–Crippen LogP) is 1.88. The molecule has 0 heterocycles. The molecule has 2 amide bonds. The number of rotatable bonds is 10. The van der Waals surface area contributed by atoms with Gasteiger partial charge in [-0.2, -0.15) is 0 Å². The molecule has 22 heavy (non-hydrogen) atoms. The van der Waals surface area contributed by atoms with Crippen LogP contribution in [0.1, 0.15) is 25.3 Å². The Labute approximate surface area is 136 Å². The van der Waals surface area contributed by atoms with Crippen molar-refractivity contribution in [3.63, 3.8) is 0 Å². The summed E-state index contributed by atoms with van der Waals surface area (Å²) in [5, 5.41) is 5.32. The second-order valence-corrected chi connectivity index (χ2v) is 5.20. The zero-order valence-corrected chi connectivity index (χ0v) is 13.6. The van der Waals surface area contributed by atoms with Crippen LogP contribution in [0.4, 0.5) is 0 Å². The molecule has 1 aromatic carbocycles. The van der Waals surface area contributed by atoms with Crippen LogP contribution in [0.25, 0.3) is 0 Å². The Bertz CT molecular complexity index is 463. The normalized spacial score (nSPS) is 10.1. The third kappa shape index (κ3) is 7.88. The van der Waals surface area contributed by atoms with Gasteiger partial charge in [0.25, 0.3) is 5.91 Å². The number of hydrogen-bond acceptors (Lipinski definition) is 3. The number of carbonyl (C=O) groups excluding carboxylic acids is 2. The highest BCUT2D eigenvalue weighted by molar-refractivity contribution is 6.18. The van der Waals surface area contributed by atoms with E-state index >= 15 is 0 Å². The van der Waals surface area contributed by atoms with Gasteiger partial charge in [-0.25, -0.2) is 0 Å². The molecule has 5 nitrogen and oxygen atoms in total. The first kappa shape index (κ1) is 18.3. The van der Waals surface area contributed by atoms with Crippen molar-refractivity contribution >= 4 is 23.4 Å². The van der Waals surface area contributed by atoms with Gasteiger partial charge in [-0.3, -0.25) is 9.59 Å². The Morgan fingerprint density at radius 2 is 1.73 bits per heavy atom. The number of halogens is 1. The Kier molecular flexibility index (Phi) is 9.07. The molecule has 0 aliphatic carbocycles. The van der Waals surface area contributed by atoms with Crippen LogP contribution in [0.2, 0.25) is 0 Å². The number of hydrogen-bond donors (Lipinski definition) is 2. The molecule has 0 spiro atoms. The average molecular weight is 327 g/mol. The molecular formula is C16H23ClN2O3. The zero-order chi connectivity index (χ0) is 16.2. The summed E-state index contributed by atoms with van der Waals surface area (Å²) in [5.74, 6) is 0.630. The number of alkyl halides is 1. The molecule has 2 N–H and O–H groups in total. The van der Waals surface area contributed by atoms with Crippen LogP contribution >= 0.6 is 11.6 Å². The summed E-state index contributed by atoms with van der Waals surface area (Å²) >= 11 is 5.44. The maximum Gasteiger partial charge on any atom is 0.258 e. The molecule has 0 bridgehead atoms. The van der Waals surface area contributed by atoms with Gasteiger partial charge >= 0.3 is 0 Å². The Balaban J connectivity index is 2.16. The summed E-state index contributed by atoms with van der Waals surface area (Å²) < 4.78 is 5.40. The van der Waals surface area contributed by atoms with E-state index in [1.165, 1.54) is 5.56 Å². The number of benzene rings is 1. The van der Waals surface area contributed by atoms with Crippen molar-refractivity contribution in [3.05, 3.63) is 29.8 Å². The fourth-order valence-electron chi connectivity index (χ4n) is 1.82. The van der Waals surface area contributed by atoms with E-state index in [1.807, 2.05) is 24.3 Å². The van der Waals surface area contributed by atoms with Crippen LogP contribution in [0, 0.1) is 0 Å². The molecule has 122 valence electrons. The van der Waals surface area contributed by atoms with Crippen molar-refractivity contribution in [2.24, 2.45) is 0 Å². The number of ether oxygens (including phenoxy) is 1. The minimum absolute atomic E-state index is 0.0389. The maximum atomic E-state index is 11.6. The third-order valence-electron chi connectivity index (χ3n) is 2.92. The van der Waals surface area contributed by atoms with E-state index in [1.54, 1.807) is 0 Å². The standard InChI is InChI=1S/C16H23ClN2O3/c1-2-3-13-4-6-14(7-5-13)22-12-16(21)19-11-10-18-15(20)8-9-17/h4-7H,2-3,8-12H2,1H3,(H,18,20)(H,19,21). The van der Waals surface area contributed by atoms with Crippen LogP contribution < -0.4 is 15.4 Å². The quantitative estimate of drug-likeness (QED) is 0.509. The SMILES string of the molecule is CCCc1ccc(OCC(=O)NCCNC(=O)CCCl)cc1. The molecule has 0 aromatic heterocycles. The lowest BCUT2D eigenvalue weighted by Crippen LogP contribution is -2.36. The molecule has 6 heteroatoms. The van der Waals surface area contributed by atoms with Crippen LogP contribution in [0.5, 0.6) is 5.75 Å². The first-order valence-electron chi connectivity index (χ1n) is 7.46. The molecule has 0 aliphatic rings. The van der Waals surface area contributed by atoms with Gasteiger partial charge in [-0.05, 0) is 24.1 Å². The van der Waals surface area contributed by atoms with Gasteiger partial charge in [0.05, 0.1) is 0 Å². The highest BCUT2D eigenvalue weighted by Crippen LogP contribution is 2.13. The molecule has 0 saturated carbocycles. The van der Waals surface area contributed by atoms with E-state index in [9.17, 15) is 9.59 Å². The number of aryl methyl sites for hydroxylation is 1. The lowest BCUT2D eigenvalue weighted by molar-refractivity contribution is -0.124. The third-order valence-corrected chi connectivity index (χ3v) is 3.11. The number of amides is 2. The van der Waals surface area contributed by atoms with Gasteiger partial charge < -0.3 is 15.4 Å². The van der Waals surface area contributed by atoms with E-state index in [-0.39, 0.29) is 24.8 Å². The summed E-state index contributed by atoms with van der Waals surface area (Å²) in [5.41, 5.74) is 1.26. The molecule has 0 saturated heterocycles. The first-order chi connectivity index (χ1) is 10.7. The van der Waals surface area contributed by atoms with Gasteiger partial charge in [0.15, 0.2) is 6.61 Å². The van der Waals surface area contributed by atoms with Gasteiger partial charge in [0, 0.05) is 25.4 Å². The second kappa shape index (κ2) is 10.9. The Morgan fingerprint density at radius 3 is 2.32 bits per heavy atom. The summed E-state index contributed by atoms with van der Waals surface area (Å²) in [6.07, 6.45) is 2.42. The van der Waals surface area contributed by atoms with E-state index in [0.29, 0.717) is 24.7 Å². The van der Waals surface area contributed by atoms with Crippen molar-refractivity contribution in [1.29, 1.82) is 0 Å². The molecule has 0 fully saturated rings. The second-order valence-electron chi connectivity index (χ2n) is 4.82. The topological polar surface area (TPSA) is 67.4 Å². The van der Waals surface area contributed by atoms with E-state index in [0.717, 1.165) is 12.8 Å². The smallest absolute Gasteiger partial charge is 0.258 e. The molecule has 0 atom stereocenters. The fraction of sp³-hybridized carbons (Fsp3) is 0.500. The van der Waals surface area contributed by atoms with Crippen molar-refractivity contribution in [2.45, 2.75) is 26.2 Å². The zero-order valence-electron chi connectivity index (χ0n) is 12.9. The van der Waals surface area contributed by atoms with E-state index < -0.39 is 0 Å². The summed E-state index contributed by atoms with van der Waals surface area (Å²) in [7, 11) is 0. The van der Waals surface area contributed by atoms with Gasteiger partial charge in [-0.1, -0.05) is 25.5 Å². The number of nitrogens with one attached hydrogen (secondary N) is 2. The fourth-order valence-corrected chi connectivity index (χ4v) is 1.99. The first-order valence-corrected chi connectivity index (χ1v) is 8.00. The largest absolute Gasteiger partial charge is 0.484 e. The average Bonchev–Trinajstić information content (AvgIpc) is 2.51.